The summed E-state index contributed by atoms with van der Waals surface area (Å²) in [6.07, 6.45) is 9.94. The van der Waals surface area contributed by atoms with E-state index in [-0.39, 0.29) is 0 Å². The van der Waals surface area contributed by atoms with E-state index in [9.17, 15) is 0 Å². The highest BCUT2D eigenvalue weighted by atomic mass is 16.5. The molecular weight excluding hydrogens is 224 g/mol. The van der Waals surface area contributed by atoms with Gasteiger partial charge in [0.25, 0.3) is 0 Å². The van der Waals surface area contributed by atoms with Crippen molar-refractivity contribution in [2.75, 3.05) is 26.2 Å². The molecule has 0 amide bonds. The number of nitrogens with zero attached hydrogens (tertiary/aromatic N) is 1. The minimum Gasteiger partial charge on any atom is -0.370 e. The van der Waals surface area contributed by atoms with E-state index in [1.54, 1.807) is 0 Å². The van der Waals surface area contributed by atoms with Crippen LogP contribution in [0, 0.1) is 0 Å². The van der Waals surface area contributed by atoms with E-state index in [1.807, 2.05) is 0 Å². The molecule has 1 aliphatic carbocycles. The highest BCUT2D eigenvalue weighted by Crippen LogP contribution is 2.42. The second-order valence-corrected chi connectivity index (χ2v) is 6.57. The topological polar surface area (TPSA) is 24.5 Å². The fourth-order valence-corrected chi connectivity index (χ4v) is 4.00. The van der Waals surface area contributed by atoms with Gasteiger partial charge in [0.2, 0.25) is 0 Å². The smallest absolute Gasteiger partial charge is 0.0710 e. The van der Waals surface area contributed by atoms with Gasteiger partial charge >= 0.3 is 0 Å². The molecule has 3 nitrogen and oxygen atoms in total. The van der Waals surface area contributed by atoms with Gasteiger partial charge in [-0.25, -0.2) is 0 Å². The molecule has 3 aliphatic rings. The number of ether oxygens (including phenoxy) is 1. The van der Waals surface area contributed by atoms with Crippen LogP contribution in [0.15, 0.2) is 0 Å². The lowest BCUT2D eigenvalue weighted by Gasteiger charge is -2.37. The summed E-state index contributed by atoms with van der Waals surface area (Å²) in [5.41, 5.74) is 0.292. The first-order valence-electron chi connectivity index (χ1n) is 7.90. The maximum atomic E-state index is 6.48. The Morgan fingerprint density at radius 1 is 1.22 bits per heavy atom. The highest BCUT2D eigenvalue weighted by Gasteiger charge is 2.41. The molecule has 2 unspecified atom stereocenters. The minimum absolute atomic E-state index is 0.292. The van der Waals surface area contributed by atoms with E-state index in [1.165, 1.54) is 51.5 Å². The molecule has 2 heterocycles. The van der Waals surface area contributed by atoms with Gasteiger partial charge in [-0.05, 0) is 32.6 Å². The quantitative estimate of drug-likeness (QED) is 0.815. The Morgan fingerprint density at radius 2 is 2.06 bits per heavy atom. The van der Waals surface area contributed by atoms with Gasteiger partial charge in [-0.15, -0.1) is 0 Å². The lowest BCUT2D eigenvalue weighted by Crippen LogP contribution is -2.52. The van der Waals surface area contributed by atoms with E-state index in [0.29, 0.717) is 17.7 Å². The standard InChI is InChI=1S/C15H28N2O/c1-13-11-16-9-10-17(13)12-14-5-8-15(18-14)6-3-2-4-7-15/h13-14,16H,2-12H2,1H3. The summed E-state index contributed by atoms with van der Waals surface area (Å²) in [6, 6.07) is 0.672. The predicted octanol–water partition coefficient (Wildman–Crippen LogP) is 2.16. The zero-order valence-electron chi connectivity index (χ0n) is 11.8. The predicted molar refractivity (Wildman–Crippen MR) is 73.8 cm³/mol. The Bertz CT molecular complexity index is 276. The number of hydrogen-bond acceptors (Lipinski definition) is 3. The van der Waals surface area contributed by atoms with Crippen LogP contribution < -0.4 is 5.32 Å². The van der Waals surface area contributed by atoms with Crippen LogP contribution in [0.25, 0.3) is 0 Å². The van der Waals surface area contributed by atoms with Crippen molar-refractivity contribution in [3.8, 4) is 0 Å². The average molecular weight is 252 g/mol. The van der Waals surface area contributed by atoms with Crippen molar-refractivity contribution in [1.29, 1.82) is 0 Å². The van der Waals surface area contributed by atoms with Crippen molar-refractivity contribution in [3.63, 3.8) is 0 Å². The fourth-order valence-electron chi connectivity index (χ4n) is 4.00. The Labute approximate surface area is 111 Å². The van der Waals surface area contributed by atoms with Crippen LogP contribution in [0.2, 0.25) is 0 Å². The van der Waals surface area contributed by atoms with E-state index < -0.39 is 0 Å². The van der Waals surface area contributed by atoms with Crippen LogP contribution in [0.4, 0.5) is 0 Å². The third-order valence-corrected chi connectivity index (χ3v) is 5.18. The van der Waals surface area contributed by atoms with Crippen LogP contribution in [0.1, 0.15) is 51.9 Å². The molecule has 1 saturated carbocycles. The molecule has 0 aromatic rings. The largest absolute Gasteiger partial charge is 0.370 e. The van der Waals surface area contributed by atoms with Gasteiger partial charge in [0.05, 0.1) is 11.7 Å². The molecule has 0 radical (unpaired) electrons. The number of piperazine rings is 1. The van der Waals surface area contributed by atoms with Crippen LogP contribution in [0.3, 0.4) is 0 Å². The van der Waals surface area contributed by atoms with Crippen molar-refractivity contribution in [3.05, 3.63) is 0 Å². The van der Waals surface area contributed by atoms with E-state index in [0.717, 1.165) is 19.6 Å². The van der Waals surface area contributed by atoms with Gasteiger partial charge in [-0.2, -0.15) is 0 Å². The molecule has 1 N–H and O–H groups in total. The fraction of sp³-hybridized carbons (Fsp3) is 1.00. The number of nitrogens with one attached hydrogen (secondary N) is 1. The third-order valence-electron chi connectivity index (χ3n) is 5.18. The van der Waals surface area contributed by atoms with Gasteiger partial charge in [0.1, 0.15) is 0 Å². The van der Waals surface area contributed by atoms with Crippen LogP contribution >= 0.6 is 0 Å². The number of hydrogen-bond donors (Lipinski definition) is 1. The zero-order valence-corrected chi connectivity index (χ0v) is 11.8. The minimum atomic E-state index is 0.292. The van der Waals surface area contributed by atoms with Gasteiger partial charge in [0.15, 0.2) is 0 Å². The Kier molecular flexibility index (Phi) is 3.92. The second kappa shape index (κ2) is 5.48. The summed E-state index contributed by atoms with van der Waals surface area (Å²) in [7, 11) is 0. The third kappa shape index (κ3) is 2.73. The molecule has 0 bridgehead atoms. The van der Waals surface area contributed by atoms with Gasteiger partial charge in [-0.1, -0.05) is 19.3 Å². The molecule has 3 rings (SSSR count). The van der Waals surface area contributed by atoms with Crippen molar-refractivity contribution in [1.82, 2.24) is 10.2 Å². The SMILES string of the molecule is CC1CNCCN1CC1CCC2(CCCCC2)O1. The Morgan fingerprint density at radius 3 is 2.83 bits per heavy atom. The van der Waals surface area contributed by atoms with Crippen molar-refractivity contribution in [2.45, 2.75) is 69.6 Å². The summed E-state index contributed by atoms with van der Waals surface area (Å²) in [5.74, 6) is 0. The Balaban J connectivity index is 1.52. The molecule has 104 valence electrons. The number of rotatable bonds is 2. The summed E-state index contributed by atoms with van der Waals surface area (Å²) in [4.78, 5) is 2.61. The molecule has 2 aliphatic heterocycles. The summed E-state index contributed by atoms with van der Waals surface area (Å²) < 4.78 is 6.48. The molecule has 2 atom stereocenters. The van der Waals surface area contributed by atoms with E-state index >= 15 is 0 Å². The monoisotopic (exact) mass is 252 g/mol. The lowest BCUT2D eigenvalue weighted by molar-refractivity contribution is -0.0753. The first-order valence-corrected chi connectivity index (χ1v) is 7.90. The molecule has 1 spiro atoms. The van der Waals surface area contributed by atoms with E-state index in [4.69, 9.17) is 4.74 Å². The van der Waals surface area contributed by atoms with Crippen molar-refractivity contribution >= 4 is 0 Å². The molecule has 0 aromatic heterocycles. The van der Waals surface area contributed by atoms with Crippen LogP contribution in [-0.4, -0.2) is 48.8 Å². The van der Waals surface area contributed by atoms with Gasteiger partial charge < -0.3 is 10.1 Å². The van der Waals surface area contributed by atoms with Gasteiger partial charge in [-0.3, -0.25) is 4.90 Å². The summed E-state index contributed by atoms with van der Waals surface area (Å²) in [5, 5.41) is 3.46. The second-order valence-electron chi connectivity index (χ2n) is 6.57. The first kappa shape index (κ1) is 12.9. The van der Waals surface area contributed by atoms with Crippen molar-refractivity contribution < 1.29 is 4.74 Å². The molecule has 3 fully saturated rings. The van der Waals surface area contributed by atoms with Gasteiger partial charge in [0, 0.05) is 32.2 Å². The maximum absolute atomic E-state index is 6.48. The summed E-state index contributed by atoms with van der Waals surface area (Å²) in [6.45, 7) is 6.95. The van der Waals surface area contributed by atoms with Crippen LogP contribution in [-0.2, 0) is 4.74 Å². The van der Waals surface area contributed by atoms with Crippen molar-refractivity contribution in [2.24, 2.45) is 0 Å². The highest BCUT2D eigenvalue weighted by molar-refractivity contribution is 4.92. The molecule has 0 aromatic carbocycles. The molecule has 3 heteroatoms. The maximum Gasteiger partial charge on any atom is 0.0710 e. The molecule has 2 saturated heterocycles. The summed E-state index contributed by atoms with van der Waals surface area (Å²) >= 11 is 0. The zero-order chi connectivity index (χ0) is 12.4. The molecule has 18 heavy (non-hydrogen) atoms. The Hall–Kier alpha value is -0.120. The first-order chi connectivity index (χ1) is 8.77. The van der Waals surface area contributed by atoms with E-state index in [2.05, 4.69) is 17.1 Å². The normalized spacial score (nSPS) is 37.2. The van der Waals surface area contributed by atoms with Crippen LogP contribution in [0.5, 0.6) is 0 Å². The lowest BCUT2D eigenvalue weighted by atomic mass is 9.83. The molecular formula is C15H28N2O. The average Bonchev–Trinajstić information content (AvgIpc) is 2.76.